The van der Waals surface area contributed by atoms with Crippen molar-refractivity contribution in [1.82, 2.24) is 0 Å². The van der Waals surface area contributed by atoms with E-state index in [0.717, 1.165) is 18.5 Å². The third kappa shape index (κ3) is 3.95. The highest BCUT2D eigenvalue weighted by Crippen LogP contribution is 2.24. The van der Waals surface area contributed by atoms with Gasteiger partial charge in [-0.05, 0) is 42.5 Å². The van der Waals surface area contributed by atoms with E-state index in [4.69, 9.17) is 0 Å². The van der Waals surface area contributed by atoms with Gasteiger partial charge in [-0.1, -0.05) is 36.4 Å². The van der Waals surface area contributed by atoms with Gasteiger partial charge in [0.15, 0.2) is 18.2 Å². The van der Waals surface area contributed by atoms with E-state index < -0.39 is 0 Å². The van der Waals surface area contributed by atoms with Gasteiger partial charge in [0.25, 0.3) is 5.91 Å². The maximum atomic E-state index is 12.4. The predicted octanol–water partition coefficient (Wildman–Crippen LogP) is 3.33. The van der Waals surface area contributed by atoms with Crippen LogP contribution in [0.25, 0.3) is 0 Å². The third-order valence-corrected chi connectivity index (χ3v) is 4.90. The normalized spacial score (nSPS) is 12.4. The number of nitrogens with zero attached hydrogens (tertiary/aromatic N) is 1. The van der Waals surface area contributed by atoms with Gasteiger partial charge >= 0.3 is 0 Å². The van der Waals surface area contributed by atoms with Crippen molar-refractivity contribution < 1.29 is 14.2 Å². The Hall–Kier alpha value is -3.27. The Balaban J connectivity index is 1.39. The third-order valence-electron chi connectivity index (χ3n) is 4.90. The summed E-state index contributed by atoms with van der Waals surface area (Å²) in [4.78, 5) is 24.7. The molecule has 1 aliphatic carbocycles. The highest BCUT2D eigenvalue weighted by Gasteiger charge is 2.15. The Morgan fingerprint density at radius 1 is 0.852 bits per heavy atom. The minimum absolute atomic E-state index is 0.0228. The van der Waals surface area contributed by atoms with Crippen molar-refractivity contribution in [2.45, 2.75) is 25.8 Å². The Bertz CT molecular complexity index is 979. The van der Waals surface area contributed by atoms with E-state index in [-0.39, 0.29) is 18.2 Å². The second kappa shape index (κ2) is 7.54. The average molecular weight is 357 g/mol. The number of amides is 1. The van der Waals surface area contributed by atoms with Gasteiger partial charge in [0.05, 0.1) is 0 Å². The molecule has 134 valence electrons. The molecule has 3 aromatic rings. The van der Waals surface area contributed by atoms with Gasteiger partial charge in [-0.2, -0.15) is 4.57 Å². The minimum atomic E-state index is -0.0833. The lowest BCUT2D eigenvalue weighted by atomic mass is 10.0. The lowest BCUT2D eigenvalue weighted by molar-refractivity contribution is -0.684. The molecule has 0 bridgehead atoms. The smallest absolute Gasteiger partial charge is 0.290 e. The molecule has 27 heavy (non-hydrogen) atoms. The monoisotopic (exact) mass is 357 g/mol. The number of hydrogen-bond donors (Lipinski definition) is 1. The lowest BCUT2D eigenvalue weighted by Gasteiger charge is -2.06. The molecule has 0 fully saturated rings. The van der Waals surface area contributed by atoms with E-state index in [2.05, 4.69) is 17.4 Å². The molecule has 0 unspecified atom stereocenters. The van der Waals surface area contributed by atoms with Crippen LogP contribution >= 0.6 is 0 Å². The molecule has 0 atom stereocenters. The Morgan fingerprint density at radius 2 is 1.56 bits per heavy atom. The van der Waals surface area contributed by atoms with Crippen LogP contribution in [0.3, 0.4) is 0 Å². The SMILES string of the molecule is O=C(C[n+]1ccc(C(=O)c2ccccc2)cc1)Nc1ccc2c(c1)CCC2. The summed E-state index contributed by atoms with van der Waals surface area (Å²) >= 11 is 0. The molecule has 1 N–H and O–H groups in total. The molecule has 0 aliphatic heterocycles. The van der Waals surface area contributed by atoms with Crippen molar-refractivity contribution in [1.29, 1.82) is 0 Å². The highest BCUT2D eigenvalue weighted by molar-refractivity contribution is 6.08. The molecule has 4 heteroatoms. The second-order valence-electron chi connectivity index (χ2n) is 6.84. The number of benzene rings is 2. The van der Waals surface area contributed by atoms with Crippen LogP contribution in [0.15, 0.2) is 73.1 Å². The van der Waals surface area contributed by atoms with Crippen molar-refractivity contribution in [3.63, 3.8) is 0 Å². The number of carbonyl (C=O) groups excluding carboxylic acids is 2. The number of aryl methyl sites for hydroxylation is 2. The maximum Gasteiger partial charge on any atom is 0.290 e. The summed E-state index contributed by atoms with van der Waals surface area (Å²) in [5, 5.41) is 2.96. The van der Waals surface area contributed by atoms with Crippen LogP contribution in [0.5, 0.6) is 0 Å². The molecule has 0 radical (unpaired) electrons. The minimum Gasteiger partial charge on any atom is -0.321 e. The fourth-order valence-corrected chi connectivity index (χ4v) is 3.49. The number of pyridine rings is 1. The number of carbonyl (C=O) groups is 2. The highest BCUT2D eigenvalue weighted by atomic mass is 16.2. The van der Waals surface area contributed by atoms with Crippen molar-refractivity contribution >= 4 is 17.4 Å². The molecule has 0 saturated heterocycles. The fourth-order valence-electron chi connectivity index (χ4n) is 3.49. The van der Waals surface area contributed by atoms with Crippen LogP contribution in [0, 0.1) is 0 Å². The van der Waals surface area contributed by atoms with E-state index in [1.807, 2.05) is 24.3 Å². The summed E-state index contributed by atoms with van der Waals surface area (Å²) in [5.74, 6) is -0.106. The van der Waals surface area contributed by atoms with Crippen LogP contribution in [0.2, 0.25) is 0 Å². The lowest BCUT2D eigenvalue weighted by Crippen LogP contribution is -2.39. The Kier molecular flexibility index (Phi) is 4.79. The summed E-state index contributed by atoms with van der Waals surface area (Å²) in [6.07, 6.45) is 6.94. The molecule has 4 nitrogen and oxygen atoms in total. The summed E-state index contributed by atoms with van der Waals surface area (Å²) in [7, 11) is 0. The van der Waals surface area contributed by atoms with E-state index in [9.17, 15) is 9.59 Å². The van der Waals surface area contributed by atoms with Gasteiger partial charge in [-0.25, -0.2) is 0 Å². The largest absolute Gasteiger partial charge is 0.321 e. The molecule has 0 saturated carbocycles. The van der Waals surface area contributed by atoms with Crippen LogP contribution in [0.1, 0.15) is 33.5 Å². The fraction of sp³-hybridized carbons (Fsp3) is 0.174. The van der Waals surface area contributed by atoms with Crippen LogP contribution < -0.4 is 9.88 Å². The summed E-state index contributed by atoms with van der Waals surface area (Å²) in [6.45, 7) is 0.205. The van der Waals surface area contributed by atoms with Crippen LogP contribution in [-0.4, -0.2) is 11.7 Å². The van der Waals surface area contributed by atoms with E-state index in [1.54, 1.807) is 41.2 Å². The maximum absolute atomic E-state index is 12.4. The first-order valence-corrected chi connectivity index (χ1v) is 9.19. The average Bonchev–Trinajstić information content (AvgIpc) is 3.16. The number of ketones is 1. The van der Waals surface area contributed by atoms with Crippen LogP contribution in [-0.2, 0) is 24.2 Å². The molecule has 4 rings (SSSR count). The predicted molar refractivity (Wildman–Crippen MR) is 104 cm³/mol. The van der Waals surface area contributed by atoms with E-state index in [0.29, 0.717) is 11.1 Å². The van der Waals surface area contributed by atoms with Gasteiger partial charge in [-0.15, -0.1) is 0 Å². The number of nitrogens with one attached hydrogen (secondary N) is 1. The first-order chi connectivity index (χ1) is 13.2. The Morgan fingerprint density at radius 3 is 2.33 bits per heavy atom. The zero-order chi connectivity index (χ0) is 18.6. The molecule has 1 aliphatic rings. The zero-order valence-electron chi connectivity index (χ0n) is 15.0. The van der Waals surface area contributed by atoms with E-state index >= 15 is 0 Å². The van der Waals surface area contributed by atoms with Crippen molar-refractivity contribution in [2.75, 3.05) is 5.32 Å². The molecular weight excluding hydrogens is 336 g/mol. The molecule has 2 aromatic carbocycles. The summed E-state index contributed by atoms with van der Waals surface area (Å²) < 4.78 is 1.77. The molecule has 1 amide bonds. The Labute approximate surface area is 158 Å². The molecule has 1 aromatic heterocycles. The first-order valence-electron chi connectivity index (χ1n) is 9.19. The van der Waals surface area contributed by atoms with Gasteiger partial charge in [0, 0.05) is 28.9 Å². The molecular formula is C23H21N2O2+. The quantitative estimate of drug-likeness (QED) is 0.562. The van der Waals surface area contributed by atoms with Crippen molar-refractivity contribution in [3.8, 4) is 0 Å². The first kappa shape index (κ1) is 17.2. The standard InChI is InChI=1S/C23H20N2O2/c26-22(24-21-10-9-17-7-4-8-20(17)15-21)16-25-13-11-19(12-14-25)23(27)18-5-2-1-3-6-18/h1-3,5-6,9-15H,4,7-8,16H2/p+1. The van der Waals surface area contributed by atoms with Gasteiger partial charge in [0.2, 0.25) is 6.54 Å². The second-order valence-corrected chi connectivity index (χ2v) is 6.84. The summed E-state index contributed by atoms with van der Waals surface area (Å²) in [6, 6.07) is 18.8. The van der Waals surface area contributed by atoms with Crippen molar-refractivity contribution in [3.05, 3.63) is 95.3 Å². The zero-order valence-corrected chi connectivity index (χ0v) is 15.0. The number of anilines is 1. The van der Waals surface area contributed by atoms with Gasteiger partial charge < -0.3 is 5.32 Å². The van der Waals surface area contributed by atoms with Crippen LogP contribution in [0.4, 0.5) is 5.69 Å². The van der Waals surface area contributed by atoms with Gasteiger partial charge in [-0.3, -0.25) is 9.59 Å². The number of hydrogen-bond acceptors (Lipinski definition) is 2. The topological polar surface area (TPSA) is 50.0 Å². The van der Waals surface area contributed by atoms with Crippen molar-refractivity contribution in [2.24, 2.45) is 0 Å². The number of aromatic nitrogens is 1. The summed E-state index contributed by atoms with van der Waals surface area (Å²) in [5.41, 5.74) is 4.84. The number of fused-ring (bicyclic) bond motifs is 1. The molecule has 0 spiro atoms. The molecule has 1 heterocycles. The number of rotatable bonds is 5. The van der Waals surface area contributed by atoms with Gasteiger partial charge in [0.1, 0.15) is 0 Å². The van der Waals surface area contributed by atoms with E-state index in [1.165, 1.54) is 17.5 Å².